The molecule has 1 aliphatic rings. The number of fused-ring (bicyclic) bond motifs is 1. The van der Waals surface area contributed by atoms with E-state index < -0.39 is 5.97 Å². The molecule has 0 bridgehead atoms. The van der Waals surface area contributed by atoms with Crippen LogP contribution in [0.5, 0.6) is 0 Å². The van der Waals surface area contributed by atoms with E-state index in [9.17, 15) is 9.90 Å². The van der Waals surface area contributed by atoms with Gasteiger partial charge in [0.1, 0.15) is 0 Å². The highest BCUT2D eigenvalue weighted by Gasteiger charge is 2.33. The Labute approximate surface area is 123 Å². The van der Waals surface area contributed by atoms with E-state index in [1.165, 1.54) is 15.6 Å². The van der Waals surface area contributed by atoms with E-state index in [4.69, 9.17) is 0 Å². The first-order valence-electron chi connectivity index (χ1n) is 7.33. The fourth-order valence-corrected chi connectivity index (χ4v) is 4.50. The predicted octanol–water partition coefficient (Wildman–Crippen LogP) is 4.58. The summed E-state index contributed by atoms with van der Waals surface area (Å²) in [5, 5.41) is 13.0. The topological polar surface area (TPSA) is 37.3 Å². The lowest BCUT2D eigenvalue weighted by Crippen LogP contribution is -2.31. The van der Waals surface area contributed by atoms with Gasteiger partial charge in [0.15, 0.2) is 0 Å². The summed E-state index contributed by atoms with van der Waals surface area (Å²) < 4.78 is 1.30. The van der Waals surface area contributed by atoms with Crippen molar-refractivity contribution in [1.29, 1.82) is 0 Å². The molecule has 3 unspecified atom stereocenters. The van der Waals surface area contributed by atoms with Crippen molar-refractivity contribution in [3.63, 3.8) is 0 Å². The SMILES string of the molecule is CC1CCC(C(=O)O)C(Cc2csc3ccccc23)C1. The molecule has 0 aliphatic heterocycles. The number of thiophene rings is 1. The summed E-state index contributed by atoms with van der Waals surface area (Å²) in [6.45, 7) is 2.25. The summed E-state index contributed by atoms with van der Waals surface area (Å²) in [5.74, 6) is 0.168. The highest BCUT2D eigenvalue weighted by Crippen LogP contribution is 2.38. The molecule has 1 saturated carbocycles. The fourth-order valence-electron chi connectivity index (χ4n) is 3.52. The van der Waals surface area contributed by atoms with Crippen molar-refractivity contribution in [2.75, 3.05) is 0 Å². The standard InChI is InChI=1S/C17H20O2S/c1-11-6-7-15(17(18)19)12(8-11)9-13-10-20-16-5-3-2-4-14(13)16/h2-5,10-12,15H,6-9H2,1H3,(H,18,19). The van der Waals surface area contributed by atoms with E-state index in [1.54, 1.807) is 11.3 Å². The molecule has 1 aromatic heterocycles. The average molecular weight is 288 g/mol. The Morgan fingerprint density at radius 1 is 1.35 bits per heavy atom. The molecule has 3 rings (SSSR count). The molecule has 0 amide bonds. The maximum Gasteiger partial charge on any atom is 0.306 e. The molecule has 1 N–H and O–H groups in total. The van der Waals surface area contributed by atoms with Crippen LogP contribution in [0, 0.1) is 17.8 Å². The molecular weight excluding hydrogens is 268 g/mol. The molecule has 0 radical (unpaired) electrons. The maximum atomic E-state index is 11.5. The van der Waals surface area contributed by atoms with E-state index in [0.717, 1.165) is 25.7 Å². The zero-order valence-corrected chi connectivity index (χ0v) is 12.5. The largest absolute Gasteiger partial charge is 0.481 e. The Hall–Kier alpha value is -1.35. The number of carbonyl (C=O) groups is 1. The lowest BCUT2D eigenvalue weighted by atomic mass is 9.72. The highest BCUT2D eigenvalue weighted by atomic mass is 32.1. The van der Waals surface area contributed by atoms with Crippen LogP contribution in [-0.2, 0) is 11.2 Å². The van der Waals surface area contributed by atoms with Crippen LogP contribution in [0.4, 0.5) is 0 Å². The molecule has 0 spiro atoms. The minimum absolute atomic E-state index is 0.162. The van der Waals surface area contributed by atoms with Crippen LogP contribution in [0.15, 0.2) is 29.6 Å². The summed E-state index contributed by atoms with van der Waals surface area (Å²) in [6, 6.07) is 8.42. The second kappa shape index (κ2) is 5.57. The van der Waals surface area contributed by atoms with Crippen LogP contribution < -0.4 is 0 Å². The number of rotatable bonds is 3. The fraction of sp³-hybridized carbons (Fsp3) is 0.471. The van der Waals surface area contributed by atoms with Crippen molar-refractivity contribution >= 4 is 27.4 Å². The van der Waals surface area contributed by atoms with Crippen LogP contribution in [0.3, 0.4) is 0 Å². The molecular formula is C17H20O2S. The first kappa shape index (κ1) is 13.6. The lowest BCUT2D eigenvalue weighted by Gasteiger charge is -2.32. The van der Waals surface area contributed by atoms with Crippen LogP contribution in [0.1, 0.15) is 31.7 Å². The van der Waals surface area contributed by atoms with Crippen LogP contribution >= 0.6 is 11.3 Å². The Balaban J connectivity index is 1.86. The van der Waals surface area contributed by atoms with Gasteiger partial charge < -0.3 is 5.11 Å². The molecule has 1 fully saturated rings. The monoisotopic (exact) mass is 288 g/mol. The molecule has 2 aromatic rings. The minimum atomic E-state index is -0.610. The van der Waals surface area contributed by atoms with Crippen molar-refractivity contribution in [1.82, 2.24) is 0 Å². The van der Waals surface area contributed by atoms with Crippen LogP contribution in [0.2, 0.25) is 0 Å². The third-order valence-corrected chi connectivity index (χ3v) is 5.62. The van der Waals surface area contributed by atoms with E-state index >= 15 is 0 Å². The number of hydrogen-bond acceptors (Lipinski definition) is 2. The van der Waals surface area contributed by atoms with Gasteiger partial charge in [-0.25, -0.2) is 0 Å². The van der Waals surface area contributed by atoms with Crippen molar-refractivity contribution in [3.8, 4) is 0 Å². The molecule has 1 aliphatic carbocycles. The number of carboxylic acids is 1. The number of benzene rings is 1. The molecule has 1 aromatic carbocycles. The molecule has 106 valence electrons. The molecule has 0 saturated heterocycles. The third kappa shape index (κ3) is 2.59. The first-order chi connectivity index (χ1) is 9.65. The second-order valence-electron chi connectivity index (χ2n) is 6.08. The van der Waals surface area contributed by atoms with Gasteiger partial charge in [0.25, 0.3) is 0 Å². The van der Waals surface area contributed by atoms with Gasteiger partial charge in [-0.3, -0.25) is 4.79 Å². The van der Waals surface area contributed by atoms with Gasteiger partial charge in [-0.2, -0.15) is 0 Å². The van der Waals surface area contributed by atoms with Crippen molar-refractivity contribution < 1.29 is 9.90 Å². The van der Waals surface area contributed by atoms with Gasteiger partial charge in [-0.15, -0.1) is 11.3 Å². The number of hydrogen-bond donors (Lipinski definition) is 1. The van der Waals surface area contributed by atoms with E-state index in [2.05, 4.69) is 36.6 Å². The summed E-state index contributed by atoms with van der Waals surface area (Å²) >= 11 is 1.77. The van der Waals surface area contributed by atoms with Crippen LogP contribution in [-0.4, -0.2) is 11.1 Å². The van der Waals surface area contributed by atoms with E-state index in [-0.39, 0.29) is 11.8 Å². The van der Waals surface area contributed by atoms with Crippen molar-refractivity contribution in [2.24, 2.45) is 17.8 Å². The van der Waals surface area contributed by atoms with Gasteiger partial charge in [-0.05, 0) is 59.9 Å². The smallest absolute Gasteiger partial charge is 0.306 e. The van der Waals surface area contributed by atoms with Crippen LogP contribution in [0.25, 0.3) is 10.1 Å². The van der Waals surface area contributed by atoms with Gasteiger partial charge in [-0.1, -0.05) is 25.1 Å². The van der Waals surface area contributed by atoms with Gasteiger partial charge in [0, 0.05) is 4.70 Å². The van der Waals surface area contributed by atoms with Crippen molar-refractivity contribution in [2.45, 2.75) is 32.6 Å². The third-order valence-electron chi connectivity index (χ3n) is 4.61. The summed E-state index contributed by atoms with van der Waals surface area (Å²) in [4.78, 5) is 11.5. The Kier molecular flexibility index (Phi) is 3.79. The van der Waals surface area contributed by atoms with Crippen molar-refractivity contribution in [3.05, 3.63) is 35.2 Å². The molecule has 2 nitrogen and oxygen atoms in total. The normalized spacial score (nSPS) is 26.8. The molecule has 1 heterocycles. The molecule has 20 heavy (non-hydrogen) atoms. The maximum absolute atomic E-state index is 11.5. The van der Waals surface area contributed by atoms with Gasteiger partial charge >= 0.3 is 5.97 Å². The summed E-state index contributed by atoms with van der Waals surface area (Å²) in [6.07, 6.45) is 3.84. The Morgan fingerprint density at radius 2 is 2.15 bits per heavy atom. The molecule has 3 atom stereocenters. The van der Waals surface area contributed by atoms with Gasteiger partial charge in [0.05, 0.1) is 5.92 Å². The summed E-state index contributed by atoms with van der Waals surface area (Å²) in [7, 11) is 0. The van der Waals surface area contributed by atoms with E-state index in [1.807, 2.05) is 0 Å². The average Bonchev–Trinajstić information content (AvgIpc) is 2.82. The van der Waals surface area contributed by atoms with E-state index in [0.29, 0.717) is 5.92 Å². The zero-order valence-electron chi connectivity index (χ0n) is 11.7. The zero-order chi connectivity index (χ0) is 14.1. The summed E-state index contributed by atoms with van der Waals surface area (Å²) in [5.41, 5.74) is 1.33. The highest BCUT2D eigenvalue weighted by molar-refractivity contribution is 7.17. The first-order valence-corrected chi connectivity index (χ1v) is 8.21. The lowest BCUT2D eigenvalue weighted by molar-refractivity contribution is -0.145. The quantitative estimate of drug-likeness (QED) is 0.897. The predicted molar refractivity (Wildman–Crippen MR) is 83.2 cm³/mol. The molecule has 3 heteroatoms. The second-order valence-corrected chi connectivity index (χ2v) is 7.00. The Bertz CT molecular complexity index is 616. The van der Waals surface area contributed by atoms with Gasteiger partial charge in [0.2, 0.25) is 0 Å². The Morgan fingerprint density at radius 3 is 2.95 bits per heavy atom. The number of carboxylic acid groups (broad SMARTS) is 1. The minimum Gasteiger partial charge on any atom is -0.481 e. The number of aliphatic carboxylic acids is 1.